The van der Waals surface area contributed by atoms with Gasteiger partial charge in [-0.05, 0) is 54.5 Å². The molecule has 2 nitrogen and oxygen atoms in total. The molecule has 0 amide bonds. The third-order valence-electron chi connectivity index (χ3n) is 6.29. The second-order valence-corrected chi connectivity index (χ2v) is 7.73. The lowest BCUT2D eigenvalue weighted by Crippen LogP contribution is -2.45. The molecule has 0 aromatic heterocycles. The molecule has 0 radical (unpaired) electrons. The molecule has 2 aromatic rings. The Hall–Kier alpha value is -1.90. The Kier molecular flexibility index (Phi) is 5.23. The molecule has 0 bridgehead atoms. The van der Waals surface area contributed by atoms with Gasteiger partial charge in [0.1, 0.15) is 0 Å². The van der Waals surface area contributed by atoms with E-state index in [2.05, 4.69) is 71.4 Å². The van der Waals surface area contributed by atoms with Crippen LogP contribution in [0.2, 0.25) is 0 Å². The van der Waals surface area contributed by atoms with Gasteiger partial charge >= 0.3 is 0 Å². The van der Waals surface area contributed by atoms with Crippen LogP contribution in [-0.4, -0.2) is 37.6 Å². The molecular formula is C24H30N2. The number of rotatable bonds is 5. The molecule has 0 saturated carbocycles. The smallest absolute Gasteiger partial charge is 0.0254 e. The standard InChI is InChI=1S/C24H30N2/c1-2-13-24(14-17-26-18-15-25-16-19-26)22-9-5-3-7-20(22)11-12-21-8-4-6-10-23(21)24/h2-10,25H,1,11-19H2. The summed E-state index contributed by atoms with van der Waals surface area (Å²) in [5.41, 5.74) is 6.15. The fraction of sp³-hybridized carbons (Fsp3) is 0.417. The van der Waals surface area contributed by atoms with E-state index in [0.29, 0.717) is 0 Å². The summed E-state index contributed by atoms with van der Waals surface area (Å²) in [5, 5.41) is 3.47. The van der Waals surface area contributed by atoms with Gasteiger partial charge in [-0.25, -0.2) is 0 Å². The minimum absolute atomic E-state index is 0.0519. The molecule has 0 spiro atoms. The summed E-state index contributed by atoms with van der Waals surface area (Å²) in [7, 11) is 0. The van der Waals surface area contributed by atoms with Crippen LogP contribution in [0.1, 0.15) is 35.1 Å². The van der Waals surface area contributed by atoms with Crippen molar-refractivity contribution >= 4 is 0 Å². The molecule has 1 fully saturated rings. The van der Waals surface area contributed by atoms with Gasteiger partial charge < -0.3 is 10.2 Å². The minimum atomic E-state index is 0.0519. The predicted octanol–water partition coefficient (Wildman–Crippen LogP) is 3.94. The van der Waals surface area contributed by atoms with Crippen molar-refractivity contribution in [2.75, 3.05) is 32.7 Å². The van der Waals surface area contributed by atoms with Crippen LogP contribution in [0.3, 0.4) is 0 Å². The molecule has 1 aliphatic heterocycles. The summed E-state index contributed by atoms with van der Waals surface area (Å²) in [6.07, 6.45) is 6.58. The van der Waals surface area contributed by atoms with Crippen molar-refractivity contribution in [3.05, 3.63) is 83.4 Å². The van der Waals surface area contributed by atoms with Crippen LogP contribution in [0.15, 0.2) is 61.2 Å². The van der Waals surface area contributed by atoms with Gasteiger partial charge in [0.2, 0.25) is 0 Å². The summed E-state index contributed by atoms with van der Waals surface area (Å²) in [5.74, 6) is 0. The molecule has 2 aromatic carbocycles. The SMILES string of the molecule is C=CCC1(CCN2CCNCC2)c2ccccc2CCc2ccccc21. The number of hydrogen-bond acceptors (Lipinski definition) is 2. The number of nitrogens with zero attached hydrogens (tertiary/aromatic N) is 1. The van der Waals surface area contributed by atoms with Crippen molar-refractivity contribution in [1.82, 2.24) is 10.2 Å². The minimum Gasteiger partial charge on any atom is -0.314 e. The van der Waals surface area contributed by atoms with E-state index in [-0.39, 0.29) is 5.41 Å². The Labute approximate surface area is 157 Å². The fourth-order valence-corrected chi connectivity index (χ4v) is 4.95. The van der Waals surface area contributed by atoms with Crippen molar-refractivity contribution < 1.29 is 0 Å². The Balaban J connectivity index is 1.78. The van der Waals surface area contributed by atoms with E-state index in [1.165, 1.54) is 22.3 Å². The number of nitrogens with one attached hydrogen (secondary N) is 1. The number of allylic oxidation sites excluding steroid dienone is 1. The zero-order chi connectivity index (χ0) is 17.8. The topological polar surface area (TPSA) is 15.3 Å². The highest BCUT2D eigenvalue weighted by atomic mass is 15.2. The summed E-state index contributed by atoms with van der Waals surface area (Å²) in [6.45, 7) is 9.84. The van der Waals surface area contributed by atoms with E-state index in [1.807, 2.05) is 0 Å². The van der Waals surface area contributed by atoms with Gasteiger partial charge in [-0.1, -0.05) is 54.6 Å². The van der Waals surface area contributed by atoms with Gasteiger partial charge in [-0.15, -0.1) is 6.58 Å². The van der Waals surface area contributed by atoms with Crippen LogP contribution in [0.25, 0.3) is 0 Å². The molecule has 1 N–H and O–H groups in total. The monoisotopic (exact) mass is 346 g/mol. The van der Waals surface area contributed by atoms with E-state index in [9.17, 15) is 0 Å². The Morgan fingerprint density at radius 1 is 0.923 bits per heavy atom. The first kappa shape index (κ1) is 17.5. The molecule has 2 heteroatoms. The van der Waals surface area contributed by atoms with Gasteiger partial charge in [0.05, 0.1) is 0 Å². The van der Waals surface area contributed by atoms with Gasteiger partial charge in [0, 0.05) is 31.6 Å². The van der Waals surface area contributed by atoms with Crippen molar-refractivity contribution in [3.8, 4) is 0 Å². The fourth-order valence-electron chi connectivity index (χ4n) is 4.95. The first-order valence-electron chi connectivity index (χ1n) is 10.0. The highest BCUT2D eigenvalue weighted by Gasteiger charge is 2.38. The Morgan fingerprint density at radius 3 is 2.08 bits per heavy atom. The molecule has 4 rings (SSSR count). The van der Waals surface area contributed by atoms with E-state index in [4.69, 9.17) is 0 Å². The largest absolute Gasteiger partial charge is 0.314 e. The van der Waals surface area contributed by atoms with Gasteiger partial charge in [-0.3, -0.25) is 0 Å². The highest BCUT2D eigenvalue weighted by molar-refractivity contribution is 5.50. The van der Waals surface area contributed by atoms with Crippen LogP contribution in [0, 0.1) is 0 Å². The normalized spacial score (nSPS) is 19.2. The number of fused-ring (bicyclic) bond motifs is 2. The number of benzene rings is 2. The van der Waals surface area contributed by atoms with Crippen LogP contribution < -0.4 is 5.32 Å². The molecule has 1 aliphatic carbocycles. The third kappa shape index (κ3) is 3.24. The second-order valence-electron chi connectivity index (χ2n) is 7.73. The molecule has 2 aliphatic rings. The van der Waals surface area contributed by atoms with E-state index < -0.39 is 0 Å². The molecule has 0 atom stereocenters. The van der Waals surface area contributed by atoms with E-state index >= 15 is 0 Å². The Bertz CT molecular complexity index is 711. The lowest BCUT2D eigenvalue weighted by atomic mass is 9.68. The summed E-state index contributed by atoms with van der Waals surface area (Å²) < 4.78 is 0. The van der Waals surface area contributed by atoms with Gasteiger partial charge in [-0.2, -0.15) is 0 Å². The molecule has 136 valence electrons. The van der Waals surface area contributed by atoms with Crippen molar-refractivity contribution in [2.24, 2.45) is 0 Å². The first-order valence-corrected chi connectivity index (χ1v) is 10.0. The maximum absolute atomic E-state index is 4.15. The molecular weight excluding hydrogens is 316 g/mol. The van der Waals surface area contributed by atoms with Crippen LogP contribution in [-0.2, 0) is 18.3 Å². The first-order chi connectivity index (χ1) is 12.8. The van der Waals surface area contributed by atoms with Crippen LogP contribution >= 0.6 is 0 Å². The summed E-state index contributed by atoms with van der Waals surface area (Å²) >= 11 is 0. The maximum Gasteiger partial charge on any atom is 0.0254 e. The van der Waals surface area contributed by atoms with Crippen LogP contribution in [0.4, 0.5) is 0 Å². The van der Waals surface area contributed by atoms with Crippen LogP contribution in [0.5, 0.6) is 0 Å². The van der Waals surface area contributed by atoms with Crippen molar-refractivity contribution in [1.29, 1.82) is 0 Å². The lowest BCUT2D eigenvalue weighted by Gasteiger charge is -2.38. The highest BCUT2D eigenvalue weighted by Crippen LogP contribution is 2.45. The van der Waals surface area contributed by atoms with E-state index in [0.717, 1.165) is 58.4 Å². The van der Waals surface area contributed by atoms with E-state index in [1.54, 1.807) is 0 Å². The maximum atomic E-state index is 4.15. The zero-order valence-corrected chi connectivity index (χ0v) is 15.7. The quantitative estimate of drug-likeness (QED) is 0.825. The third-order valence-corrected chi connectivity index (χ3v) is 6.29. The van der Waals surface area contributed by atoms with Gasteiger partial charge in [0.15, 0.2) is 0 Å². The number of aryl methyl sites for hydroxylation is 2. The van der Waals surface area contributed by atoms with Crippen molar-refractivity contribution in [2.45, 2.75) is 31.1 Å². The molecule has 1 saturated heterocycles. The average molecular weight is 347 g/mol. The lowest BCUT2D eigenvalue weighted by molar-refractivity contribution is 0.221. The molecule has 1 heterocycles. The Morgan fingerprint density at radius 2 is 1.50 bits per heavy atom. The molecule has 0 unspecified atom stereocenters. The summed E-state index contributed by atoms with van der Waals surface area (Å²) in [4.78, 5) is 2.62. The zero-order valence-electron chi connectivity index (χ0n) is 15.7. The van der Waals surface area contributed by atoms with Gasteiger partial charge in [0.25, 0.3) is 0 Å². The average Bonchev–Trinajstić information content (AvgIpc) is 2.84. The number of hydrogen-bond donors (Lipinski definition) is 1. The second kappa shape index (κ2) is 7.77. The predicted molar refractivity (Wildman–Crippen MR) is 110 cm³/mol. The van der Waals surface area contributed by atoms with Crippen molar-refractivity contribution in [3.63, 3.8) is 0 Å². The molecule has 26 heavy (non-hydrogen) atoms. The number of piperazine rings is 1. The summed E-state index contributed by atoms with van der Waals surface area (Å²) in [6, 6.07) is 18.3.